The first kappa shape index (κ1) is 20.7. The fourth-order valence-electron chi connectivity index (χ4n) is 4.45. The quantitative estimate of drug-likeness (QED) is 0.411. The Labute approximate surface area is 166 Å². The molecule has 0 bridgehead atoms. The third-order valence-corrected chi connectivity index (χ3v) is 6.89. The van der Waals surface area contributed by atoms with Gasteiger partial charge in [0.2, 0.25) is 0 Å². The number of hydrogen-bond acceptors (Lipinski definition) is 2. The first-order valence-corrected chi connectivity index (χ1v) is 10.9. The van der Waals surface area contributed by atoms with Crippen LogP contribution in [0.4, 0.5) is 0 Å². The molecule has 0 spiro atoms. The van der Waals surface area contributed by atoms with Crippen molar-refractivity contribution in [1.29, 1.82) is 0 Å². The van der Waals surface area contributed by atoms with E-state index in [1.807, 2.05) is 0 Å². The van der Waals surface area contributed by atoms with E-state index in [1.165, 1.54) is 43.2 Å². The second kappa shape index (κ2) is 8.53. The van der Waals surface area contributed by atoms with Crippen LogP contribution in [0.15, 0.2) is 36.4 Å². The molecule has 0 unspecified atom stereocenters. The van der Waals surface area contributed by atoms with E-state index in [0.717, 1.165) is 18.7 Å². The van der Waals surface area contributed by atoms with E-state index in [2.05, 4.69) is 71.0 Å². The van der Waals surface area contributed by atoms with E-state index in [4.69, 9.17) is 9.31 Å². The normalized spacial score (nSPS) is 23.8. The second-order valence-corrected chi connectivity index (χ2v) is 9.54. The highest BCUT2D eigenvalue weighted by Gasteiger charge is 2.51. The Bertz CT molecular complexity index is 628. The summed E-state index contributed by atoms with van der Waals surface area (Å²) in [5.74, 6) is 1.22. The number of allylic oxidation sites excluding steroid dienone is 2. The van der Waals surface area contributed by atoms with Gasteiger partial charge in [0.05, 0.1) is 11.2 Å². The number of rotatable bonds is 6. The number of hydrogen-bond donors (Lipinski definition) is 0. The van der Waals surface area contributed by atoms with Gasteiger partial charge in [-0.2, -0.15) is 0 Å². The van der Waals surface area contributed by atoms with Crippen molar-refractivity contribution in [2.75, 3.05) is 0 Å². The molecule has 1 saturated heterocycles. The van der Waals surface area contributed by atoms with Crippen LogP contribution in [0.2, 0.25) is 6.32 Å². The van der Waals surface area contributed by atoms with Crippen LogP contribution in [0, 0.1) is 12.8 Å². The molecule has 1 aromatic carbocycles. The summed E-state index contributed by atoms with van der Waals surface area (Å²) in [5.41, 5.74) is 2.28. The zero-order valence-electron chi connectivity index (χ0n) is 18.0. The highest BCUT2D eigenvalue weighted by molar-refractivity contribution is 6.45. The highest BCUT2D eigenvalue weighted by Crippen LogP contribution is 2.41. The fourth-order valence-corrected chi connectivity index (χ4v) is 4.45. The third-order valence-electron chi connectivity index (χ3n) is 6.89. The van der Waals surface area contributed by atoms with Crippen LogP contribution >= 0.6 is 0 Å². The smallest absolute Gasteiger partial charge is 0.403 e. The molecule has 1 saturated carbocycles. The highest BCUT2D eigenvalue weighted by atomic mass is 16.7. The Morgan fingerprint density at radius 3 is 2.30 bits per heavy atom. The van der Waals surface area contributed by atoms with Gasteiger partial charge in [0.25, 0.3) is 0 Å². The minimum absolute atomic E-state index is 0.136. The predicted molar refractivity (Wildman–Crippen MR) is 115 cm³/mol. The maximum absolute atomic E-state index is 6.31. The zero-order chi connectivity index (χ0) is 19.5. The summed E-state index contributed by atoms with van der Waals surface area (Å²) in [4.78, 5) is 0. The maximum Gasteiger partial charge on any atom is 0.458 e. The molecule has 1 atom stereocenters. The van der Waals surface area contributed by atoms with E-state index < -0.39 is 0 Å². The van der Waals surface area contributed by atoms with Crippen molar-refractivity contribution >= 4 is 7.12 Å². The second-order valence-electron chi connectivity index (χ2n) is 9.54. The third kappa shape index (κ3) is 5.06. The van der Waals surface area contributed by atoms with Crippen LogP contribution in [0.25, 0.3) is 0 Å². The van der Waals surface area contributed by atoms with E-state index in [0.29, 0.717) is 5.92 Å². The molecular formula is C24H37BO2. The van der Waals surface area contributed by atoms with Crippen molar-refractivity contribution in [3.05, 3.63) is 47.5 Å². The largest absolute Gasteiger partial charge is 0.458 e. The fraction of sp³-hybridized carbons (Fsp3) is 0.667. The first-order valence-electron chi connectivity index (χ1n) is 10.9. The summed E-state index contributed by atoms with van der Waals surface area (Å²) < 4.78 is 12.6. The maximum atomic E-state index is 6.31. The summed E-state index contributed by atoms with van der Waals surface area (Å²) in [6, 6.07) is 8.78. The van der Waals surface area contributed by atoms with E-state index in [1.54, 1.807) is 0 Å². The lowest BCUT2D eigenvalue weighted by Crippen LogP contribution is -2.41. The van der Waals surface area contributed by atoms with Gasteiger partial charge < -0.3 is 9.31 Å². The Morgan fingerprint density at radius 1 is 1.04 bits per heavy atom. The standard InChI is InChI=1S/C24H37BO2/c1-19-12-9-10-17-22(19)21(16-11-15-20-13-7-6-8-14-20)18-25-26-23(2,3)24(4,5)27-25/h9-12,15,17,20-21H,6-8,13-14,16,18H2,1-5H3/b15-11+/t21-/m1/s1. The predicted octanol–water partition coefficient (Wildman–Crippen LogP) is 6.70. The summed E-state index contributed by atoms with van der Waals surface area (Å²) in [5, 5.41) is 0. The average Bonchev–Trinajstić information content (AvgIpc) is 2.82. The van der Waals surface area contributed by atoms with Crippen molar-refractivity contribution in [3.8, 4) is 0 Å². The van der Waals surface area contributed by atoms with Gasteiger partial charge in [-0.25, -0.2) is 0 Å². The van der Waals surface area contributed by atoms with Crippen LogP contribution in [-0.4, -0.2) is 18.3 Å². The van der Waals surface area contributed by atoms with Crippen molar-refractivity contribution in [1.82, 2.24) is 0 Å². The lowest BCUT2D eigenvalue weighted by molar-refractivity contribution is 0.00578. The minimum atomic E-state index is -0.258. The molecule has 2 nitrogen and oxygen atoms in total. The molecule has 3 rings (SSSR count). The number of aryl methyl sites for hydroxylation is 1. The molecule has 148 valence electrons. The summed E-state index contributed by atoms with van der Waals surface area (Å²) in [6.07, 6.45) is 13.8. The molecule has 3 heteroatoms. The molecule has 27 heavy (non-hydrogen) atoms. The van der Waals surface area contributed by atoms with Gasteiger partial charge in [-0.1, -0.05) is 55.7 Å². The molecule has 0 amide bonds. The monoisotopic (exact) mass is 368 g/mol. The molecule has 1 aliphatic carbocycles. The van der Waals surface area contributed by atoms with Crippen molar-refractivity contribution in [3.63, 3.8) is 0 Å². The van der Waals surface area contributed by atoms with Crippen molar-refractivity contribution in [2.45, 2.75) is 96.6 Å². The molecular weight excluding hydrogens is 331 g/mol. The lowest BCUT2D eigenvalue weighted by Gasteiger charge is -2.32. The average molecular weight is 368 g/mol. The van der Waals surface area contributed by atoms with Crippen molar-refractivity contribution in [2.24, 2.45) is 5.92 Å². The molecule has 2 fully saturated rings. The topological polar surface area (TPSA) is 18.5 Å². The van der Waals surface area contributed by atoms with Gasteiger partial charge in [0.15, 0.2) is 0 Å². The van der Waals surface area contributed by atoms with Gasteiger partial charge in [0.1, 0.15) is 0 Å². The van der Waals surface area contributed by atoms with Gasteiger partial charge >= 0.3 is 7.12 Å². The summed E-state index contributed by atoms with van der Waals surface area (Å²) in [7, 11) is -0.136. The van der Waals surface area contributed by atoms with E-state index in [9.17, 15) is 0 Å². The SMILES string of the molecule is Cc1ccccc1[C@H](C/C=C/C1CCCCC1)CB1OC(C)(C)C(C)(C)O1. The first-order chi connectivity index (χ1) is 12.8. The Morgan fingerprint density at radius 2 is 1.67 bits per heavy atom. The molecule has 0 aromatic heterocycles. The van der Waals surface area contributed by atoms with Crippen LogP contribution < -0.4 is 0 Å². The number of benzene rings is 1. The van der Waals surface area contributed by atoms with Crippen LogP contribution in [0.1, 0.15) is 83.3 Å². The molecule has 1 aliphatic heterocycles. The Hall–Kier alpha value is -1.06. The molecule has 0 radical (unpaired) electrons. The Kier molecular flexibility index (Phi) is 6.53. The molecule has 1 aromatic rings. The zero-order valence-corrected chi connectivity index (χ0v) is 18.0. The molecule has 1 heterocycles. The summed E-state index contributed by atoms with van der Waals surface area (Å²) >= 11 is 0. The lowest BCUT2D eigenvalue weighted by atomic mass is 9.72. The van der Waals surface area contributed by atoms with Gasteiger partial charge in [0, 0.05) is 0 Å². The van der Waals surface area contributed by atoms with Crippen LogP contribution in [-0.2, 0) is 9.31 Å². The molecule has 2 aliphatic rings. The van der Waals surface area contributed by atoms with E-state index >= 15 is 0 Å². The minimum Gasteiger partial charge on any atom is -0.403 e. The summed E-state index contributed by atoms with van der Waals surface area (Å²) in [6.45, 7) is 10.8. The Balaban J connectivity index is 1.71. The van der Waals surface area contributed by atoms with Gasteiger partial charge in [-0.3, -0.25) is 0 Å². The van der Waals surface area contributed by atoms with Gasteiger partial charge in [-0.15, -0.1) is 0 Å². The van der Waals surface area contributed by atoms with Crippen LogP contribution in [0.5, 0.6) is 0 Å². The van der Waals surface area contributed by atoms with Crippen LogP contribution in [0.3, 0.4) is 0 Å². The van der Waals surface area contributed by atoms with Crippen molar-refractivity contribution < 1.29 is 9.31 Å². The van der Waals surface area contributed by atoms with E-state index in [-0.39, 0.29) is 18.3 Å². The molecule has 0 N–H and O–H groups in total. The van der Waals surface area contributed by atoms with Gasteiger partial charge in [-0.05, 0) is 83.2 Å².